The van der Waals surface area contributed by atoms with Crippen LogP contribution in [0.3, 0.4) is 0 Å². The summed E-state index contributed by atoms with van der Waals surface area (Å²) in [7, 11) is -3.55. The SMILES string of the molecule is CCOCC(C)NS(=O)(=O)c1ccc(CN)nc1. The molecule has 0 aromatic carbocycles. The lowest BCUT2D eigenvalue weighted by Gasteiger charge is -2.13. The molecule has 0 fully saturated rings. The van der Waals surface area contributed by atoms with Gasteiger partial charge in [-0.1, -0.05) is 0 Å². The van der Waals surface area contributed by atoms with Gasteiger partial charge in [-0.05, 0) is 26.0 Å². The molecule has 0 saturated carbocycles. The number of aromatic nitrogens is 1. The number of ether oxygens (including phenoxy) is 1. The summed E-state index contributed by atoms with van der Waals surface area (Å²) in [5.74, 6) is 0. The van der Waals surface area contributed by atoms with Crippen molar-refractivity contribution in [1.82, 2.24) is 9.71 Å². The predicted molar refractivity (Wildman–Crippen MR) is 68.4 cm³/mol. The van der Waals surface area contributed by atoms with Gasteiger partial charge in [-0.25, -0.2) is 13.1 Å². The summed E-state index contributed by atoms with van der Waals surface area (Å²) in [6.45, 7) is 4.78. The van der Waals surface area contributed by atoms with Crippen LogP contribution in [0.5, 0.6) is 0 Å². The standard InChI is InChI=1S/C11H19N3O3S/c1-3-17-8-9(2)14-18(15,16)11-5-4-10(6-12)13-7-11/h4-5,7,9,14H,3,6,8,12H2,1-2H3. The van der Waals surface area contributed by atoms with Gasteiger partial charge < -0.3 is 10.5 Å². The van der Waals surface area contributed by atoms with E-state index < -0.39 is 10.0 Å². The Morgan fingerprint density at radius 3 is 2.72 bits per heavy atom. The van der Waals surface area contributed by atoms with Crippen molar-refractivity contribution >= 4 is 10.0 Å². The molecule has 3 N–H and O–H groups in total. The summed E-state index contributed by atoms with van der Waals surface area (Å²) in [4.78, 5) is 4.09. The molecule has 7 heteroatoms. The van der Waals surface area contributed by atoms with Crippen molar-refractivity contribution in [2.45, 2.75) is 31.3 Å². The van der Waals surface area contributed by atoms with E-state index in [9.17, 15) is 8.42 Å². The molecule has 1 aromatic rings. The number of hydrogen-bond donors (Lipinski definition) is 2. The molecule has 0 bridgehead atoms. The number of pyridine rings is 1. The molecule has 0 saturated heterocycles. The highest BCUT2D eigenvalue weighted by Crippen LogP contribution is 2.08. The minimum Gasteiger partial charge on any atom is -0.380 e. The summed E-state index contributed by atoms with van der Waals surface area (Å²) in [6, 6.07) is 2.80. The van der Waals surface area contributed by atoms with Gasteiger partial charge in [0, 0.05) is 25.4 Å². The number of nitrogens with two attached hydrogens (primary N) is 1. The van der Waals surface area contributed by atoms with Crippen LogP contribution in [0.15, 0.2) is 23.2 Å². The molecule has 6 nitrogen and oxygen atoms in total. The van der Waals surface area contributed by atoms with E-state index in [4.69, 9.17) is 10.5 Å². The van der Waals surface area contributed by atoms with E-state index in [0.29, 0.717) is 18.9 Å². The molecule has 0 spiro atoms. The van der Waals surface area contributed by atoms with Crippen molar-refractivity contribution in [2.75, 3.05) is 13.2 Å². The molecule has 0 radical (unpaired) electrons. The summed E-state index contributed by atoms with van der Waals surface area (Å²) < 4.78 is 31.6. The van der Waals surface area contributed by atoms with E-state index in [1.54, 1.807) is 13.0 Å². The van der Waals surface area contributed by atoms with Gasteiger partial charge in [0.1, 0.15) is 4.90 Å². The molecule has 1 rings (SSSR count). The van der Waals surface area contributed by atoms with Crippen molar-refractivity contribution in [1.29, 1.82) is 0 Å². The third-order valence-electron chi connectivity index (χ3n) is 2.25. The van der Waals surface area contributed by atoms with Crippen LogP contribution in [0.25, 0.3) is 0 Å². The first-order valence-corrected chi connectivity index (χ1v) is 7.23. The molecule has 1 aromatic heterocycles. The molecule has 0 amide bonds. The Morgan fingerprint density at radius 1 is 1.50 bits per heavy atom. The highest BCUT2D eigenvalue weighted by molar-refractivity contribution is 7.89. The number of nitrogens with one attached hydrogen (secondary N) is 1. The molecular formula is C11H19N3O3S. The average molecular weight is 273 g/mol. The van der Waals surface area contributed by atoms with Crippen LogP contribution < -0.4 is 10.5 Å². The van der Waals surface area contributed by atoms with Gasteiger partial charge in [0.25, 0.3) is 0 Å². The number of sulfonamides is 1. The molecule has 1 heterocycles. The Labute approximate surface area is 108 Å². The lowest BCUT2D eigenvalue weighted by Crippen LogP contribution is -2.35. The molecular weight excluding hydrogens is 254 g/mol. The summed E-state index contributed by atoms with van der Waals surface area (Å²) >= 11 is 0. The van der Waals surface area contributed by atoms with Crippen LogP contribution in [0.1, 0.15) is 19.5 Å². The lowest BCUT2D eigenvalue weighted by atomic mass is 10.4. The third-order valence-corrected chi connectivity index (χ3v) is 3.82. The molecule has 0 aliphatic rings. The van der Waals surface area contributed by atoms with Gasteiger partial charge >= 0.3 is 0 Å². The van der Waals surface area contributed by atoms with Crippen LogP contribution >= 0.6 is 0 Å². The van der Waals surface area contributed by atoms with Gasteiger partial charge in [-0.15, -0.1) is 0 Å². The summed E-state index contributed by atoms with van der Waals surface area (Å²) in [5, 5.41) is 0. The van der Waals surface area contributed by atoms with Crippen LogP contribution in [0, 0.1) is 0 Å². The Morgan fingerprint density at radius 2 is 2.22 bits per heavy atom. The maximum Gasteiger partial charge on any atom is 0.242 e. The zero-order valence-corrected chi connectivity index (χ0v) is 11.4. The van der Waals surface area contributed by atoms with E-state index in [-0.39, 0.29) is 17.5 Å². The Bertz CT molecular complexity index is 459. The fourth-order valence-electron chi connectivity index (χ4n) is 1.35. The minimum absolute atomic E-state index is 0.128. The second-order valence-electron chi connectivity index (χ2n) is 3.87. The molecule has 102 valence electrons. The molecule has 0 aliphatic heterocycles. The number of rotatable bonds is 7. The Balaban J connectivity index is 2.73. The Hall–Kier alpha value is -1.02. The zero-order valence-electron chi connectivity index (χ0n) is 10.6. The lowest BCUT2D eigenvalue weighted by molar-refractivity contribution is 0.133. The number of hydrogen-bond acceptors (Lipinski definition) is 5. The van der Waals surface area contributed by atoms with Crippen LogP contribution in [0.2, 0.25) is 0 Å². The molecule has 0 aliphatic carbocycles. The summed E-state index contributed by atoms with van der Waals surface area (Å²) in [6.07, 6.45) is 1.30. The van der Waals surface area contributed by atoms with E-state index in [1.807, 2.05) is 6.92 Å². The molecule has 1 atom stereocenters. The second-order valence-corrected chi connectivity index (χ2v) is 5.59. The van der Waals surface area contributed by atoms with Crippen LogP contribution in [0.4, 0.5) is 0 Å². The van der Waals surface area contributed by atoms with Crippen molar-refractivity contribution in [3.8, 4) is 0 Å². The minimum atomic E-state index is -3.55. The smallest absolute Gasteiger partial charge is 0.242 e. The number of nitrogens with zero attached hydrogens (tertiary/aromatic N) is 1. The van der Waals surface area contributed by atoms with Crippen LogP contribution in [-0.2, 0) is 21.3 Å². The van der Waals surface area contributed by atoms with Crippen molar-refractivity contribution in [3.63, 3.8) is 0 Å². The maximum atomic E-state index is 12.0. The van der Waals surface area contributed by atoms with E-state index >= 15 is 0 Å². The normalized spacial score (nSPS) is 13.5. The quantitative estimate of drug-likeness (QED) is 0.742. The fraction of sp³-hybridized carbons (Fsp3) is 0.545. The second kappa shape index (κ2) is 6.79. The van der Waals surface area contributed by atoms with Crippen molar-refractivity contribution in [3.05, 3.63) is 24.0 Å². The first kappa shape index (κ1) is 15.0. The largest absolute Gasteiger partial charge is 0.380 e. The van der Waals surface area contributed by atoms with Gasteiger partial charge in [0.05, 0.1) is 12.3 Å². The molecule has 1 unspecified atom stereocenters. The zero-order chi connectivity index (χ0) is 13.6. The van der Waals surface area contributed by atoms with Gasteiger partial charge in [0.15, 0.2) is 0 Å². The van der Waals surface area contributed by atoms with Crippen molar-refractivity contribution in [2.24, 2.45) is 5.73 Å². The van der Waals surface area contributed by atoms with Gasteiger partial charge in [-0.2, -0.15) is 0 Å². The van der Waals surface area contributed by atoms with E-state index in [2.05, 4.69) is 9.71 Å². The first-order chi connectivity index (χ1) is 8.49. The van der Waals surface area contributed by atoms with Crippen molar-refractivity contribution < 1.29 is 13.2 Å². The topological polar surface area (TPSA) is 94.3 Å². The van der Waals surface area contributed by atoms with E-state index in [1.165, 1.54) is 12.3 Å². The monoisotopic (exact) mass is 273 g/mol. The molecule has 18 heavy (non-hydrogen) atoms. The van der Waals surface area contributed by atoms with Crippen LogP contribution in [-0.4, -0.2) is 32.7 Å². The van der Waals surface area contributed by atoms with Gasteiger partial charge in [0.2, 0.25) is 10.0 Å². The average Bonchev–Trinajstić information content (AvgIpc) is 2.36. The summed E-state index contributed by atoms with van der Waals surface area (Å²) in [5.41, 5.74) is 6.05. The fourth-order valence-corrected chi connectivity index (χ4v) is 2.52. The predicted octanol–water partition coefficient (Wildman–Crippen LogP) is 0.244. The maximum absolute atomic E-state index is 12.0. The van der Waals surface area contributed by atoms with E-state index in [0.717, 1.165) is 0 Å². The highest BCUT2D eigenvalue weighted by Gasteiger charge is 2.17. The first-order valence-electron chi connectivity index (χ1n) is 5.74. The Kier molecular flexibility index (Phi) is 5.67. The highest BCUT2D eigenvalue weighted by atomic mass is 32.2. The van der Waals surface area contributed by atoms with Gasteiger partial charge in [-0.3, -0.25) is 4.98 Å². The third kappa shape index (κ3) is 4.34.